The van der Waals surface area contributed by atoms with Gasteiger partial charge in [-0.2, -0.15) is 0 Å². The number of hydrogen-bond donors (Lipinski definition) is 1. The molecule has 29 heavy (non-hydrogen) atoms. The molecule has 0 radical (unpaired) electrons. The minimum absolute atomic E-state index is 0. The zero-order chi connectivity index (χ0) is 20.0. The number of halogens is 1. The summed E-state index contributed by atoms with van der Waals surface area (Å²) in [6, 6.07) is 18.6. The Morgan fingerprint density at radius 3 is 2.14 bits per heavy atom. The standard InChI is InChI=1S/C25H35NO2.ClH/c1-20(2)18-25(27,22-12-14-23(28-3)15-13-22)24(21-10-6-4-7-11-21)19-26-16-8-5-9-17-26;/h4,6-7,10-15,20,24,27H,5,8-9,16-19H2,1-3H3;1H. The van der Waals surface area contributed by atoms with Crippen LogP contribution in [0.1, 0.15) is 56.6 Å². The third kappa shape index (κ3) is 5.97. The van der Waals surface area contributed by atoms with E-state index in [9.17, 15) is 5.11 Å². The molecule has 160 valence electrons. The number of methoxy groups -OCH3 is 1. The Morgan fingerprint density at radius 2 is 1.59 bits per heavy atom. The Kier molecular flexibility index (Phi) is 9.01. The molecule has 2 aromatic rings. The van der Waals surface area contributed by atoms with Crippen LogP contribution >= 0.6 is 12.4 Å². The highest BCUT2D eigenvalue weighted by atomic mass is 35.5. The average Bonchev–Trinajstić information content (AvgIpc) is 2.73. The minimum Gasteiger partial charge on any atom is -0.497 e. The molecule has 0 aromatic heterocycles. The molecular weight excluding hydrogens is 382 g/mol. The summed E-state index contributed by atoms with van der Waals surface area (Å²) in [7, 11) is 1.68. The van der Waals surface area contributed by atoms with Crippen LogP contribution in [0.25, 0.3) is 0 Å². The summed E-state index contributed by atoms with van der Waals surface area (Å²) in [6.07, 6.45) is 4.56. The average molecular weight is 418 g/mol. The predicted octanol–water partition coefficient (Wildman–Crippen LogP) is 5.62. The van der Waals surface area contributed by atoms with Gasteiger partial charge in [0.1, 0.15) is 5.75 Å². The Bertz CT molecular complexity index is 713. The number of rotatable bonds is 8. The van der Waals surface area contributed by atoms with Crippen LogP contribution in [0.4, 0.5) is 0 Å². The molecule has 1 fully saturated rings. The van der Waals surface area contributed by atoms with E-state index in [4.69, 9.17) is 4.74 Å². The van der Waals surface area contributed by atoms with E-state index in [0.29, 0.717) is 5.92 Å². The highest BCUT2D eigenvalue weighted by Gasteiger charge is 2.40. The number of benzene rings is 2. The van der Waals surface area contributed by atoms with Crippen molar-refractivity contribution in [2.75, 3.05) is 26.7 Å². The monoisotopic (exact) mass is 417 g/mol. The molecule has 1 N–H and O–H groups in total. The summed E-state index contributed by atoms with van der Waals surface area (Å²) in [4.78, 5) is 2.54. The van der Waals surface area contributed by atoms with Crippen molar-refractivity contribution in [3.63, 3.8) is 0 Å². The van der Waals surface area contributed by atoms with Crippen LogP contribution in [-0.2, 0) is 5.60 Å². The van der Waals surface area contributed by atoms with E-state index in [-0.39, 0.29) is 18.3 Å². The molecule has 0 aliphatic carbocycles. The van der Waals surface area contributed by atoms with E-state index in [1.807, 2.05) is 24.3 Å². The number of likely N-dealkylation sites (tertiary alicyclic amines) is 1. The van der Waals surface area contributed by atoms with Crippen LogP contribution in [0.15, 0.2) is 54.6 Å². The van der Waals surface area contributed by atoms with Gasteiger partial charge in [-0.05, 0) is 61.5 Å². The molecule has 2 unspecified atom stereocenters. The lowest BCUT2D eigenvalue weighted by molar-refractivity contribution is -0.0245. The van der Waals surface area contributed by atoms with Crippen LogP contribution < -0.4 is 4.74 Å². The third-order valence-electron chi connectivity index (χ3n) is 5.98. The molecule has 3 rings (SSSR count). The maximum Gasteiger partial charge on any atom is 0.118 e. The van der Waals surface area contributed by atoms with Crippen LogP contribution in [0, 0.1) is 5.92 Å². The summed E-state index contributed by atoms with van der Waals surface area (Å²) in [5, 5.41) is 12.2. The van der Waals surface area contributed by atoms with E-state index < -0.39 is 5.60 Å². The van der Waals surface area contributed by atoms with E-state index in [1.54, 1.807) is 7.11 Å². The molecule has 0 spiro atoms. The van der Waals surface area contributed by atoms with Crippen molar-refractivity contribution in [2.45, 2.75) is 51.0 Å². The zero-order valence-electron chi connectivity index (χ0n) is 18.0. The van der Waals surface area contributed by atoms with Gasteiger partial charge in [0.15, 0.2) is 0 Å². The smallest absolute Gasteiger partial charge is 0.118 e. The molecular formula is C25H36ClNO2. The molecule has 4 heteroatoms. The molecule has 1 aliphatic rings. The van der Waals surface area contributed by atoms with Gasteiger partial charge in [-0.25, -0.2) is 0 Å². The molecule has 0 amide bonds. The fraction of sp³-hybridized carbons (Fsp3) is 0.520. The molecule has 2 aromatic carbocycles. The molecule has 1 aliphatic heterocycles. The van der Waals surface area contributed by atoms with Crippen LogP contribution in [0.3, 0.4) is 0 Å². The first-order valence-electron chi connectivity index (χ1n) is 10.7. The Labute approximate surface area is 182 Å². The Balaban J connectivity index is 0.00000300. The fourth-order valence-electron chi connectivity index (χ4n) is 4.58. The quantitative estimate of drug-likeness (QED) is 0.604. The number of aliphatic hydroxyl groups is 1. The van der Waals surface area contributed by atoms with Crippen molar-refractivity contribution in [2.24, 2.45) is 5.92 Å². The van der Waals surface area contributed by atoms with Gasteiger partial charge in [0.2, 0.25) is 0 Å². The lowest BCUT2D eigenvalue weighted by atomic mass is 9.72. The Morgan fingerprint density at radius 1 is 0.966 bits per heavy atom. The highest BCUT2D eigenvalue weighted by molar-refractivity contribution is 5.85. The van der Waals surface area contributed by atoms with Crippen molar-refractivity contribution >= 4 is 12.4 Å². The first-order chi connectivity index (χ1) is 13.5. The molecule has 3 nitrogen and oxygen atoms in total. The van der Waals surface area contributed by atoms with Gasteiger partial charge in [0, 0.05) is 12.5 Å². The van der Waals surface area contributed by atoms with Crippen molar-refractivity contribution in [3.05, 3.63) is 65.7 Å². The fourth-order valence-corrected chi connectivity index (χ4v) is 4.58. The Hall–Kier alpha value is -1.55. The SMILES string of the molecule is COc1ccc(C(O)(CC(C)C)C(CN2CCCCC2)c2ccccc2)cc1.Cl. The molecule has 2 atom stereocenters. The first kappa shape index (κ1) is 23.7. The number of piperidine rings is 1. The van der Waals surface area contributed by atoms with E-state index in [1.165, 1.54) is 24.8 Å². The minimum atomic E-state index is -0.917. The number of nitrogens with zero attached hydrogens (tertiary/aromatic N) is 1. The van der Waals surface area contributed by atoms with Gasteiger partial charge < -0.3 is 14.7 Å². The summed E-state index contributed by atoms with van der Waals surface area (Å²) in [5.74, 6) is 1.24. The first-order valence-corrected chi connectivity index (χ1v) is 10.7. The van der Waals surface area contributed by atoms with Gasteiger partial charge >= 0.3 is 0 Å². The van der Waals surface area contributed by atoms with E-state index in [2.05, 4.69) is 49.1 Å². The van der Waals surface area contributed by atoms with Crippen LogP contribution in [0.2, 0.25) is 0 Å². The normalized spacial score (nSPS) is 18.0. The van der Waals surface area contributed by atoms with Crippen molar-refractivity contribution in [1.29, 1.82) is 0 Å². The van der Waals surface area contributed by atoms with Crippen LogP contribution in [0.5, 0.6) is 5.75 Å². The zero-order valence-corrected chi connectivity index (χ0v) is 18.8. The maximum absolute atomic E-state index is 12.2. The molecule has 1 heterocycles. The van der Waals surface area contributed by atoms with Gasteiger partial charge in [0.25, 0.3) is 0 Å². The lowest BCUT2D eigenvalue weighted by Gasteiger charge is -2.42. The summed E-state index contributed by atoms with van der Waals surface area (Å²) in [6.45, 7) is 7.53. The van der Waals surface area contributed by atoms with Gasteiger partial charge in [-0.15, -0.1) is 12.4 Å². The molecule has 1 saturated heterocycles. The second-order valence-electron chi connectivity index (χ2n) is 8.58. The van der Waals surface area contributed by atoms with Crippen molar-refractivity contribution in [3.8, 4) is 5.75 Å². The molecule has 0 saturated carbocycles. The van der Waals surface area contributed by atoms with E-state index >= 15 is 0 Å². The van der Waals surface area contributed by atoms with Crippen molar-refractivity contribution < 1.29 is 9.84 Å². The maximum atomic E-state index is 12.2. The summed E-state index contributed by atoms with van der Waals surface area (Å²) < 4.78 is 5.34. The third-order valence-corrected chi connectivity index (χ3v) is 5.98. The van der Waals surface area contributed by atoms with E-state index in [0.717, 1.165) is 37.4 Å². The van der Waals surface area contributed by atoms with Gasteiger partial charge in [-0.3, -0.25) is 0 Å². The van der Waals surface area contributed by atoms with Gasteiger partial charge in [-0.1, -0.05) is 62.7 Å². The summed E-state index contributed by atoms with van der Waals surface area (Å²) in [5.41, 5.74) is 1.28. The number of hydrogen-bond acceptors (Lipinski definition) is 3. The van der Waals surface area contributed by atoms with Crippen LogP contribution in [-0.4, -0.2) is 36.8 Å². The highest BCUT2D eigenvalue weighted by Crippen LogP contribution is 2.43. The molecule has 0 bridgehead atoms. The summed E-state index contributed by atoms with van der Waals surface area (Å²) >= 11 is 0. The van der Waals surface area contributed by atoms with Crippen molar-refractivity contribution in [1.82, 2.24) is 4.90 Å². The lowest BCUT2D eigenvalue weighted by Crippen LogP contribution is -2.43. The largest absolute Gasteiger partial charge is 0.497 e. The second kappa shape index (κ2) is 11.0. The second-order valence-corrected chi connectivity index (χ2v) is 8.58. The number of ether oxygens (including phenoxy) is 1. The van der Waals surface area contributed by atoms with Gasteiger partial charge in [0.05, 0.1) is 12.7 Å². The topological polar surface area (TPSA) is 32.7 Å². The predicted molar refractivity (Wildman–Crippen MR) is 123 cm³/mol.